The normalized spacial score (nSPS) is 51.4. The first-order valence-electron chi connectivity index (χ1n) is 15.1. The van der Waals surface area contributed by atoms with E-state index in [4.69, 9.17) is 9.47 Å². The van der Waals surface area contributed by atoms with Gasteiger partial charge in [-0.15, -0.1) is 0 Å². The highest BCUT2D eigenvalue weighted by atomic mass is 16.6. The molecule has 0 amide bonds. The summed E-state index contributed by atoms with van der Waals surface area (Å²) < 4.78 is 12.3. The number of aliphatic hydroxyl groups excluding tert-OH is 2. The Morgan fingerprint density at radius 3 is 2.29 bits per heavy atom. The van der Waals surface area contributed by atoms with Crippen LogP contribution in [0.2, 0.25) is 0 Å². The smallest absolute Gasteiger partial charge is 0.303 e. The van der Waals surface area contributed by atoms with E-state index < -0.39 is 29.9 Å². The predicted octanol–water partition coefficient (Wildman–Crippen LogP) is 5.13. The molecule has 0 aromatic carbocycles. The van der Waals surface area contributed by atoms with Crippen molar-refractivity contribution in [2.24, 2.45) is 44.8 Å². The van der Waals surface area contributed by atoms with Gasteiger partial charge >= 0.3 is 5.97 Å². The van der Waals surface area contributed by atoms with Gasteiger partial charge in [0.25, 0.3) is 0 Å². The highest BCUT2D eigenvalue weighted by molar-refractivity contribution is 5.66. The van der Waals surface area contributed by atoms with Crippen molar-refractivity contribution in [2.45, 2.75) is 137 Å². The fourth-order valence-corrected chi connectivity index (χ4v) is 11.7. The number of rotatable bonds is 3. The van der Waals surface area contributed by atoms with Crippen molar-refractivity contribution in [1.82, 2.24) is 0 Å². The fraction of sp³-hybridized carbons (Fsp3) is 0.906. The van der Waals surface area contributed by atoms with Crippen molar-refractivity contribution >= 4 is 5.97 Å². The maximum absolute atomic E-state index is 12.3. The molecule has 0 saturated heterocycles. The summed E-state index contributed by atoms with van der Waals surface area (Å²) >= 11 is 0. The Morgan fingerprint density at radius 2 is 1.66 bits per heavy atom. The van der Waals surface area contributed by atoms with Crippen LogP contribution in [0, 0.1) is 44.8 Å². The van der Waals surface area contributed by atoms with Crippen molar-refractivity contribution in [1.29, 1.82) is 0 Å². The molecule has 6 aliphatic rings. The van der Waals surface area contributed by atoms with E-state index in [1.807, 2.05) is 0 Å². The van der Waals surface area contributed by atoms with Crippen molar-refractivity contribution in [2.75, 3.05) is 0 Å². The molecule has 11 atom stereocenters. The third-order valence-corrected chi connectivity index (χ3v) is 13.5. The van der Waals surface area contributed by atoms with E-state index in [1.54, 1.807) is 13.8 Å². The largest absolute Gasteiger partial charge is 0.488 e. The lowest BCUT2D eigenvalue weighted by Gasteiger charge is -2.63. The number of ether oxygens (including phenoxy) is 2. The molecular formula is C32H50O6. The molecule has 5 aliphatic carbocycles. The van der Waals surface area contributed by atoms with Gasteiger partial charge in [0, 0.05) is 17.8 Å². The first kappa shape index (κ1) is 27.1. The van der Waals surface area contributed by atoms with E-state index >= 15 is 0 Å². The highest BCUT2D eigenvalue weighted by Crippen LogP contribution is 2.89. The number of allylic oxidation sites excluding steroid dienone is 1. The van der Waals surface area contributed by atoms with Crippen LogP contribution in [0.3, 0.4) is 0 Å². The summed E-state index contributed by atoms with van der Waals surface area (Å²) in [5.74, 6) is 1.36. The van der Waals surface area contributed by atoms with E-state index in [1.165, 1.54) is 25.3 Å². The van der Waals surface area contributed by atoms with Crippen molar-refractivity contribution in [3.63, 3.8) is 0 Å². The van der Waals surface area contributed by atoms with Crippen molar-refractivity contribution in [3.05, 3.63) is 11.3 Å². The summed E-state index contributed by atoms with van der Waals surface area (Å²) in [6, 6.07) is 0. The Bertz CT molecular complexity index is 1070. The number of carbonyl (C=O) groups excluding carboxylic acids is 1. The second-order valence-electron chi connectivity index (χ2n) is 15.8. The summed E-state index contributed by atoms with van der Waals surface area (Å²) in [6.07, 6.45) is 6.06. The van der Waals surface area contributed by atoms with Crippen LogP contribution in [0.25, 0.3) is 0 Å². The first-order valence-corrected chi connectivity index (χ1v) is 15.1. The number of carbonyl (C=O) groups is 1. The molecule has 1 unspecified atom stereocenters. The molecule has 4 fully saturated rings. The lowest BCUT2D eigenvalue weighted by atomic mass is 9.41. The average molecular weight is 531 g/mol. The monoisotopic (exact) mass is 530 g/mol. The molecule has 214 valence electrons. The van der Waals surface area contributed by atoms with Gasteiger partial charge in [-0.3, -0.25) is 4.79 Å². The topological polar surface area (TPSA) is 96.2 Å². The van der Waals surface area contributed by atoms with Crippen LogP contribution in [0.15, 0.2) is 11.3 Å². The molecule has 38 heavy (non-hydrogen) atoms. The number of hydrogen-bond acceptors (Lipinski definition) is 6. The fourth-order valence-electron chi connectivity index (χ4n) is 11.7. The molecule has 0 aromatic heterocycles. The molecule has 0 aromatic rings. The Balaban J connectivity index is 1.36. The zero-order valence-electron chi connectivity index (χ0n) is 24.8. The zero-order valence-corrected chi connectivity index (χ0v) is 24.8. The lowest BCUT2D eigenvalue weighted by Crippen LogP contribution is -2.59. The predicted molar refractivity (Wildman–Crippen MR) is 144 cm³/mol. The van der Waals surface area contributed by atoms with Gasteiger partial charge < -0.3 is 24.8 Å². The second-order valence-corrected chi connectivity index (χ2v) is 15.8. The summed E-state index contributed by atoms with van der Waals surface area (Å²) in [5.41, 5.74) is -0.0251. The molecule has 1 heterocycles. The summed E-state index contributed by atoms with van der Waals surface area (Å²) in [5, 5.41) is 34.1. The summed E-state index contributed by atoms with van der Waals surface area (Å²) in [4.78, 5) is 11.9. The Kier molecular flexibility index (Phi) is 5.55. The van der Waals surface area contributed by atoms with Crippen molar-refractivity contribution < 1.29 is 29.6 Å². The number of fused-ring (bicyclic) bond motifs is 3. The van der Waals surface area contributed by atoms with Crippen LogP contribution in [0.4, 0.5) is 0 Å². The molecule has 0 radical (unpaired) electrons. The summed E-state index contributed by atoms with van der Waals surface area (Å²) in [6.45, 7) is 16.2. The van der Waals surface area contributed by atoms with Gasteiger partial charge in [0.05, 0.1) is 11.7 Å². The minimum absolute atomic E-state index is 0.0617. The minimum Gasteiger partial charge on any atom is -0.488 e. The van der Waals surface area contributed by atoms with Gasteiger partial charge in [0.2, 0.25) is 0 Å². The van der Waals surface area contributed by atoms with Gasteiger partial charge in [-0.1, -0.05) is 34.6 Å². The number of aliphatic hydroxyl groups is 3. The molecule has 6 heteroatoms. The zero-order chi connectivity index (χ0) is 27.8. The molecule has 1 aliphatic heterocycles. The summed E-state index contributed by atoms with van der Waals surface area (Å²) in [7, 11) is 0. The van der Waals surface area contributed by atoms with Gasteiger partial charge in [-0.05, 0) is 105 Å². The third-order valence-electron chi connectivity index (χ3n) is 13.5. The third kappa shape index (κ3) is 3.04. The molecule has 6 rings (SSSR count). The van der Waals surface area contributed by atoms with E-state index in [2.05, 4.69) is 34.6 Å². The quantitative estimate of drug-likeness (QED) is 0.438. The van der Waals surface area contributed by atoms with Gasteiger partial charge in [0.15, 0.2) is 6.10 Å². The molecule has 6 nitrogen and oxygen atoms in total. The van der Waals surface area contributed by atoms with Crippen LogP contribution >= 0.6 is 0 Å². The van der Waals surface area contributed by atoms with Crippen LogP contribution < -0.4 is 0 Å². The molecule has 3 N–H and O–H groups in total. The lowest BCUT2D eigenvalue weighted by molar-refractivity contribution is -0.184. The minimum atomic E-state index is -1.26. The number of hydrogen-bond donors (Lipinski definition) is 3. The van der Waals surface area contributed by atoms with E-state index in [-0.39, 0.29) is 33.7 Å². The van der Waals surface area contributed by atoms with Crippen LogP contribution in [0.1, 0.15) is 107 Å². The standard InChI is InChI=1S/C32H50O6/c1-17-15-19(26(28(5,6)36)37-18(2)33)38-24-23(17)29(7)13-14-32-16-31(32)12-11-22(34)27(3,4)20(31)9-10-21(32)30(29,8)25(24)35/h17,19-22,25-26,34-36H,9-16H2,1-8H3/t17-,19-,20+,21+,22+,25+,26+,29-,30-,31-,32?/m1/s1. The number of esters is 1. The Morgan fingerprint density at radius 1 is 1.03 bits per heavy atom. The highest BCUT2D eigenvalue weighted by Gasteiger charge is 2.83. The average Bonchev–Trinajstić information content (AvgIpc) is 3.44. The molecule has 0 bridgehead atoms. The second kappa shape index (κ2) is 7.79. The maximum Gasteiger partial charge on any atom is 0.303 e. The first-order chi connectivity index (χ1) is 17.5. The Labute approximate surface area is 228 Å². The van der Waals surface area contributed by atoms with E-state index in [9.17, 15) is 20.1 Å². The molecule has 2 spiro atoms. The maximum atomic E-state index is 12.3. The van der Waals surface area contributed by atoms with Crippen molar-refractivity contribution in [3.8, 4) is 0 Å². The van der Waals surface area contributed by atoms with E-state index in [0.717, 1.165) is 32.1 Å². The van der Waals surface area contributed by atoms with Gasteiger partial charge in [-0.2, -0.15) is 0 Å². The molecular weight excluding hydrogens is 480 g/mol. The van der Waals surface area contributed by atoms with Crippen LogP contribution in [0.5, 0.6) is 0 Å². The van der Waals surface area contributed by atoms with E-state index in [0.29, 0.717) is 29.4 Å². The molecule has 4 saturated carbocycles. The van der Waals surface area contributed by atoms with Crippen LogP contribution in [-0.2, 0) is 14.3 Å². The van der Waals surface area contributed by atoms with Gasteiger partial charge in [0.1, 0.15) is 18.0 Å². The van der Waals surface area contributed by atoms with Crippen LogP contribution in [-0.4, -0.2) is 51.3 Å². The SMILES string of the molecule is CC(=O)O[C@@H]([C@H]1C[C@@H](C)C2=C(O1)[C@H](O)[C@@]1(C)[C@@H]3CC[C@H]4C(C)(C)[C@@H](O)CC[C@@]45CC35CC[C@]21C)C(C)(C)O. The van der Waals surface area contributed by atoms with Gasteiger partial charge in [-0.25, -0.2) is 0 Å². The Hall–Kier alpha value is -1.11.